The molecule has 0 heterocycles. The van der Waals surface area contributed by atoms with Crippen LogP contribution in [-0.4, -0.2) is 37.5 Å². The van der Waals surface area contributed by atoms with E-state index in [1.54, 1.807) is 57.2 Å². The van der Waals surface area contributed by atoms with Crippen molar-refractivity contribution in [2.24, 2.45) is 5.92 Å². The van der Waals surface area contributed by atoms with Crippen molar-refractivity contribution in [1.82, 2.24) is 0 Å². The van der Waals surface area contributed by atoms with E-state index in [2.05, 4.69) is 29.6 Å². The number of rotatable bonds is 10. The highest BCUT2D eigenvalue weighted by molar-refractivity contribution is 5.89. The van der Waals surface area contributed by atoms with Gasteiger partial charge in [-0.15, -0.1) is 0 Å². The first-order valence-electron chi connectivity index (χ1n) is 9.82. The molecule has 12 nitrogen and oxygen atoms in total. The van der Waals surface area contributed by atoms with E-state index >= 15 is 0 Å². The van der Waals surface area contributed by atoms with Crippen LogP contribution in [0.3, 0.4) is 0 Å². The molecule has 0 aliphatic heterocycles. The van der Waals surface area contributed by atoms with Crippen molar-refractivity contribution in [2.75, 3.05) is 13.2 Å². The molecule has 2 aromatic rings. The van der Waals surface area contributed by atoms with Gasteiger partial charge in [0, 0.05) is 5.92 Å². The van der Waals surface area contributed by atoms with Gasteiger partial charge in [-0.3, -0.25) is 9.78 Å². The van der Waals surface area contributed by atoms with Crippen LogP contribution in [-0.2, 0) is 39.1 Å². The van der Waals surface area contributed by atoms with Gasteiger partial charge in [-0.2, -0.15) is 0 Å². The summed E-state index contributed by atoms with van der Waals surface area (Å²) in [5.41, 5.74) is 2.04. The predicted molar refractivity (Wildman–Crippen MR) is 109 cm³/mol. The molecule has 0 saturated heterocycles. The normalized spacial score (nSPS) is 10.2. The molecule has 0 amide bonds. The Morgan fingerprint density at radius 2 is 1.09 bits per heavy atom. The van der Waals surface area contributed by atoms with E-state index in [1.165, 1.54) is 12.1 Å². The van der Waals surface area contributed by atoms with Gasteiger partial charge in [0.2, 0.25) is 0 Å². The average molecular weight is 478 g/mol. The lowest BCUT2D eigenvalue weighted by molar-refractivity contribution is -0.452. The second-order valence-electron chi connectivity index (χ2n) is 7.01. The standard InChI is InChI=1S/C22H22O12/c1-14-6-4-8-17(10-14)19(23)29-33-31-21(25)27-12-16(3)13-28-22(26)32-34-30-20(24)18-9-5-7-15(2)11-18/h4-11,16H,12-13H2,1-3H3. The molecule has 0 aliphatic carbocycles. The van der Waals surface area contributed by atoms with Crippen molar-refractivity contribution in [3.8, 4) is 0 Å². The van der Waals surface area contributed by atoms with E-state index < -0.39 is 30.2 Å². The molecule has 34 heavy (non-hydrogen) atoms. The third-order valence-electron chi connectivity index (χ3n) is 3.90. The van der Waals surface area contributed by atoms with Gasteiger partial charge in [-0.25, -0.2) is 29.0 Å². The highest BCUT2D eigenvalue weighted by Gasteiger charge is 2.16. The summed E-state index contributed by atoms with van der Waals surface area (Å²) in [6.07, 6.45) is -2.59. The van der Waals surface area contributed by atoms with E-state index in [1.807, 2.05) is 0 Å². The van der Waals surface area contributed by atoms with Crippen LogP contribution < -0.4 is 0 Å². The van der Waals surface area contributed by atoms with Gasteiger partial charge in [0.15, 0.2) is 0 Å². The second kappa shape index (κ2) is 13.4. The maximum absolute atomic E-state index is 11.7. The Hall–Kier alpha value is -4.16. The summed E-state index contributed by atoms with van der Waals surface area (Å²) in [5.74, 6) is -2.24. The van der Waals surface area contributed by atoms with Crippen LogP contribution in [0.15, 0.2) is 48.5 Å². The van der Waals surface area contributed by atoms with E-state index in [-0.39, 0.29) is 24.3 Å². The molecule has 0 radical (unpaired) electrons. The highest BCUT2D eigenvalue weighted by atomic mass is 17.5. The van der Waals surface area contributed by atoms with E-state index in [9.17, 15) is 19.2 Å². The maximum Gasteiger partial charge on any atom is 0.543 e. The zero-order valence-corrected chi connectivity index (χ0v) is 18.5. The van der Waals surface area contributed by atoms with E-state index in [0.717, 1.165) is 11.1 Å². The zero-order valence-electron chi connectivity index (χ0n) is 18.5. The van der Waals surface area contributed by atoms with Crippen LogP contribution in [0.1, 0.15) is 38.8 Å². The summed E-state index contributed by atoms with van der Waals surface area (Å²) in [5, 5.41) is 8.19. The molecule has 0 fully saturated rings. The SMILES string of the molecule is Cc1cccc(C(=O)OOOC(=O)OCC(C)COC(=O)OOOC(=O)c2cccc(C)c2)c1. The quantitative estimate of drug-likeness (QED) is 0.277. The summed E-state index contributed by atoms with van der Waals surface area (Å²) in [6, 6.07) is 12.9. The van der Waals surface area contributed by atoms with Crippen LogP contribution in [0.2, 0.25) is 0 Å². The summed E-state index contributed by atoms with van der Waals surface area (Å²) in [6.45, 7) is 4.64. The van der Waals surface area contributed by atoms with Gasteiger partial charge in [0.1, 0.15) is 13.2 Å². The summed E-state index contributed by atoms with van der Waals surface area (Å²) >= 11 is 0. The van der Waals surface area contributed by atoms with Gasteiger partial charge in [0.25, 0.3) is 0 Å². The van der Waals surface area contributed by atoms with Crippen molar-refractivity contribution >= 4 is 24.2 Å². The number of hydrogen-bond acceptors (Lipinski definition) is 12. The van der Waals surface area contributed by atoms with Gasteiger partial charge < -0.3 is 9.47 Å². The lowest BCUT2D eigenvalue weighted by atomic mass is 10.1. The molecule has 2 rings (SSSR count). The van der Waals surface area contributed by atoms with Crippen molar-refractivity contribution in [3.63, 3.8) is 0 Å². The third-order valence-corrected chi connectivity index (χ3v) is 3.90. The fourth-order valence-corrected chi connectivity index (χ4v) is 2.31. The topological polar surface area (TPSA) is 142 Å². The van der Waals surface area contributed by atoms with Crippen LogP contribution >= 0.6 is 0 Å². The van der Waals surface area contributed by atoms with Crippen LogP contribution in [0, 0.1) is 19.8 Å². The van der Waals surface area contributed by atoms with Crippen molar-refractivity contribution in [3.05, 3.63) is 70.8 Å². The molecule has 0 bridgehead atoms. The predicted octanol–water partition coefficient (Wildman–Crippen LogP) is 3.95. The molecular weight excluding hydrogens is 456 g/mol. The van der Waals surface area contributed by atoms with Crippen molar-refractivity contribution in [1.29, 1.82) is 0 Å². The van der Waals surface area contributed by atoms with Gasteiger partial charge >= 0.3 is 24.2 Å². The minimum Gasteiger partial charge on any atom is -0.432 e. The molecule has 0 aromatic heterocycles. The molecule has 0 unspecified atom stereocenters. The number of carbonyl (C=O) groups excluding carboxylic acids is 4. The monoisotopic (exact) mass is 478 g/mol. The maximum atomic E-state index is 11.7. The molecular formula is C22H22O12. The smallest absolute Gasteiger partial charge is 0.432 e. The lowest BCUT2D eigenvalue weighted by Gasteiger charge is -2.11. The van der Waals surface area contributed by atoms with Gasteiger partial charge in [-0.1, -0.05) is 42.3 Å². The first-order valence-corrected chi connectivity index (χ1v) is 9.82. The number of carbonyl (C=O) groups is 4. The molecule has 0 saturated carbocycles. The first-order chi connectivity index (χ1) is 16.2. The molecule has 0 atom stereocenters. The van der Waals surface area contributed by atoms with Crippen LogP contribution in [0.5, 0.6) is 0 Å². The van der Waals surface area contributed by atoms with Crippen molar-refractivity contribution < 1.29 is 58.3 Å². The van der Waals surface area contributed by atoms with Gasteiger partial charge in [0.05, 0.1) is 21.2 Å². The highest BCUT2D eigenvalue weighted by Crippen LogP contribution is 2.08. The molecule has 2 aromatic carbocycles. The fourth-order valence-electron chi connectivity index (χ4n) is 2.31. The van der Waals surface area contributed by atoms with E-state index in [0.29, 0.717) is 0 Å². The zero-order chi connectivity index (χ0) is 24.9. The largest absolute Gasteiger partial charge is 0.543 e. The Morgan fingerprint density at radius 1 is 0.676 bits per heavy atom. The fraction of sp³-hybridized carbons (Fsp3) is 0.273. The molecule has 0 aliphatic rings. The molecule has 182 valence electrons. The summed E-state index contributed by atoms with van der Waals surface area (Å²) in [7, 11) is 0. The molecule has 0 N–H and O–H groups in total. The number of ether oxygens (including phenoxy) is 2. The van der Waals surface area contributed by atoms with Crippen LogP contribution in [0.4, 0.5) is 9.59 Å². The molecule has 0 spiro atoms. The average Bonchev–Trinajstić information content (AvgIpc) is 2.81. The van der Waals surface area contributed by atoms with Gasteiger partial charge in [-0.05, 0) is 38.1 Å². The first kappa shape index (κ1) is 26.1. The Balaban J connectivity index is 1.55. The Labute approximate surface area is 193 Å². The summed E-state index contributed by atoms with van der Waals surface area (Å²) in [4.78, 5) is 63.3. The third kappa shape index (κ3) is 9.54. The van der Waals surface area contributed by atoms with Crippen LogP contribution in [0.25, 0.3) is 0 Å². The number of aryl methyl sites for hydroxylation is 2. The second-order valence-corrected chi connectivity index (χ2v) is 7.01. The molecule has 12 heteroatoms. The van der Waals surface area contributed by atoms with Crippen molar-refractivity contribution in [2.45, 2.75) is 20.8 Å². The Morgan fingerprint density at radius 3 is 1.47 bits per heavy atom. The summed E-state index contributed by atoms with van der Waals surface area (Å²) < 4.78 is 9.41. The Bertz CT molecular complexity index is 923. The Kier molecular flexibility index (Phi) is 10.3. The van der Waals surface area contributed by atoms with E-state index in [4.69, 9.17) is 9.47 Å². The lowest BCUT2D eigenvalue weighted by Crippen LogP contribution is -2.20. The number of hydrogen-bond donors (Lipinski definition) is 0. The minimum atomic E-state index is -1.29. The minimum absolute atomic E-state index is 0.198. The number of benzene rings is 2.